The summed E-state index contributed by atoms with van der Waals surface area (Å²) < 4.78 is 27.0. The van der Waals surface area contributed by atoms with Crippen LogP contribution >= 0.6 is 0 Å². The highest BCUT2D eigenvalue weighted by atomic mass is 32.2. The predicted molar refractivity (Wildman–Crippen MR) is 91.2 cm³/mol. The van der Waals surface area contributed by atoms with E-state index in [1.807, 2.05) is 0 Å². The van der Waals surface area contributed by atoms with Gasteiger partial charge in [0, 0.05) is 38.6 Å². The number of carbonyl (C=O) groups is 1. The molecule has 0 aromatic carbocycles. The molecule has 0 bridgehead atoms. The minimum absolute atomic E-state index is 0.0660. The van der Waals surface area contributed by atoms with Crippen molar-refractivity contribution in [2.45, 2.75) is 63.8 Å². The van der Waals surface area contributed by atoms with E-state index in [4.69, 9.17) is 0 Å². The van der Waals surface area contributed by atoms with Gasteiger partial charge in [0.1, 0.15) is 0 Å². The van der Waals surface area contributed by atoms with E-state index in [1.165, 1.54) is 34.3 Å². The second kappa shape index (κ2) is 7.49. The first-order valence-corrected chi connectivity index (χ1v) is 10.1. The third-order valence-corrected chi connectivity index (χ3v) is 7.19. The fourth-order valence-electron chi connectivity index (χ4n) is 3.61. The van der Waals surface area contributed by atoms with Crippen LogP contribution in [0.1, 0.15) is 58.3 Å². The average Bonchev–Trinajstić information content (AvgIpc) is 2.71. The second-order valence-electron chi connectivity index (χ2n) is 7.43. The van der Waals surface area contributed by atoms with Gasteiger partial charge >= 0.3 is 0 Å². The molecule has 23 heavy (non-hydrogen) atoms. The molecule has 0 unspecified atom stereocenters. The van der Waals surface area contributed by atoms with Crippen LogP contribution in [0.15, 0.2) is 0 Å². The first kappa shape index (κ1) is 18.7. The molecule has 1 aliphatic carbocycles. The summed E-state index contributed by atoms with van der Waals surface area (Å²) in [6, 6.07) is 0. The van der Waals surface area contributed by atoms with Crippen molar-refractivity contribution in [1.29, 1.82) is 0 Å². The molecule has 1 aliphatic heterocycles. The highest BCUT2D eigenvalue weighted by Crippen LogP contribution is 2.28. The molecule has 7 heteroatoms. The van der Waals surface area contributed by atoms with Crippen LogP contribution in [0.5, 0.6) is 0 Å². The van der Waals surface area contributed by atoms with E-state index in [1.54, 1.807) is 14.1 Å². The van der Waals surface area contributed by atoms with Crippen LogP contribution in [0.3, 0.4) is 0 Å². The van der Waals surface area contributed by atoms with Gasteiger partial charge in [0.2, 0.25) is 5.91 Å². The lowest BCUT2D eigenvalue weighted by Crippen LogP contribution is -2.51. The van der Waals surface area contributed by atoms with E-state index >= 15 is 0 Å². The van der Waals surface area contributed by atoms with Crippen molar-refractivity contribution in [2.75, 3.05) is 27.2 Å². The SMILES string of the molecule is CN(C)S(=O)(=O)N1CCC(C(=O)NC2(C)CCCCCC2)CC1. The number of hydrogen-bond donors (Lipinski definition) is 1. The minimum Gasteiger partial charge on any atom is -0.351 e. The normalized spacial score (nSPS) is 24.3. The van der Waals surface area contributed by atoms with E-state index in [-0.39, 0.29) is 17.4 Å². The van der Waals surface area contributed by atoms with Crippen molar-refractivity contribution >= 4 is 16.1 Å². The molecule has 1 saturated carbocycles. The Bertz CT molecular complexity index is 503. The minimum atomic E-state index is -3.36. The summed E-state index contributed by atoms with van der Waals surface area (Å²) >= 11 is 0. The standard InChI is InChI=1S/C16H31N3O3S/c1-16(10-6-4-5-7-11-16)17-15(20)14-8-12-19(13-9-14)23(21,22)18(2)3/h14H,4-13H2,1-3H3,(H,17,20). The van der Waals surface area contributed by atoms with Crippen LogP contribution in [-0.4, -0.2) is 55.7 Å². The number of rotatable bonds is 4. The van der Waals surface area contributed by atoms with Gasteiger partial charge in [-0.25, -0.2) is 0 Å². The van der Waals surface area contributed by atoms with Crippen molar-refractivity contribution in [1.82, 2.24) is 13.9 Å². The first-order chi connectivity index (χ1) is 10.7. The number of nitrogens with one attached hydrogen (secondary N) is 1. The zero-order valence-electron chi connectivity index (χ0n) is 14.7. The van der Waals surface area contributed by atoms with Gasteiger partial charge in [-0.15, -0.1) is 0 Å². The Morgan fingerprint density at radius 1 is 1.09 bits per heavy atom. The topological polar surface area (TPSA) is 69.7 Å². The summed E-state index contributed by atoms with van der Waals surface area (Å²) in [4.78, 5) is 12.6. The average molecular weight is 346 g/mol. The Morgan fingerprint density at radius 2 is 1.61 bits per heavy atom. The van der Waals surface area contributed by atoms with Gasteiger partial charge in [0.05, 0.1) is 0 Å². The summed E-state index contributed by atoms with van der Waals surface area (Å²) in [5.74, 6) is 0.0417. The number of amides is 1. The highest BCUT2D eigenvalue weighted by molar-refractivity contribution is 7.86. The molecule has 0 atom stereocenters. The number of nitrogens with zero attached hydrogens (tertiary/aromatic N) is 2. The molecule has 2 fully saturated rings. The Hall–Kier alpha value is -0.660. The third-order valence-electron chi connectivity index (χ3n) is 5.24. The molecule has 1 amide bonds. The lowest BCUT2D eigenvalue weighted by Gasteiger charge is -2.35. The van der Waals surface area contributed by atoms with Crippen LogP contribution in [-0.2, 0) is 15.0 Å². The van der Waals surface area contributed by atoms with Gasteiger partial charge in [-0.05, 0) is 32.6 Å². The Kier molecular flexibility index (Phi) is 6.08. The van der Waals surface area contributed by atoms with Crippen LogP contribution in [0.4, 0.5) is 0 Å². The van der Waals surface area contributed by atoms with Crippen LogP contribution in [0.2, 0.25) is 0 Å². The fraction of sp³-hybridized carbons (Fsp3) is 0.938. The third kappa shape index (κ3) is 4.67. The molecule has 1 heterocycles. The molecular weight excluding hydrogens is 314 g/mol. The van der Waals surface area contributed by atoms with Crippen LogP contribution in [0.25, 0.3) is 0 Å². The molecule has 2 rings (SSSR count). The maximum absolute atomic E-state index is 12.6. The van der Waals surface area contributed by atoms with E-state index in [0.717, 1.165) is 12.8 Å². The van der Waals surface area contributed by atoms with Crippen molar-refractivity contribution in [3.8, 4) is 0 Å². The first-order valence-electron chi connectivity index (χ1n) is 8.74. The van der Waals surface area contributed by atoms with Crippen molar-refractivity contribution in [3.63, 3.8) is 0 Å². The Labute approximate surface area is 140 Å². The monoisotopic (exact) mass is 345 g/mol. The van der Waals surface area contributed by atoms with Gasteiger partial charge in [0.25, 0.3) is 10.2 Å². The summed E-state index contributed by atoms with van der Waals surface area (Å²) in [5, 5.41) is 3.26. The Morgan fingerprint density at radius 3 is 2.09 bits per heavy atom. The Balaban J connectivity index is 1.88. The van der Waals surface area contributed by atoms with Gasteiger partial charge in [-0.3, -0.25) is 4.79 Å². The summed E-state index contributed by atoms with van der Waals surface area (Å²) in [7, 11) is -0.273. The van der Waals surface area contributed by atoms with Crippen LogP contribution < -0.4 is 5.32 Å². The molecule has 134 valence electrons. The lowest BCUT2D eigenvalue weighted by atomic mass is 9.90. The molecule has 6 nitrogen and oxygen atoms in total. The van der Waals surface area contributed by atoms with Crippen molar-refractivity contribution < 1.29 is 13.2 Å². The van der Waals surface area contributed by atoms with Crippen molar-refractivity contribution in [3.05, 3.63) is 0 Å². The largest absolute Gasteiger partial charge is 0.351 e. The van der Waals surface area contributed by atoms with Crippen molar-refractivity contribution in [2.24, 2.45) is 5.92 Å². The maximum atomic E-state index is 12.6. The van der Waals surface area contributed by atoms with E-state index in [0.29, 0.717) is 25.9 Å². The van der Waals surface area contributed by atoms with Gasteiger partial charge in [-0.1, -0.05) is 25.7 Å². The summed E-state index contributed by atoms with van der Waals surface area (Å²) in [5.41, 5.74) is -0.0829. The number of hydrogen-bond acceptors (Lipinski definition) is 3. The van der Waals surface area contributed by atoms with E-state index < -0.39 is 10.2 Å². The zero-order chi connectivity index (χ0) is 17.1. The quantitative estimate of drug-likeness (QED) is 0.789. The van der Waals surface area contributed by atoms with Crippen LogP contribution in [0, 0.1) is 5.92 Å². The molecular formula is C16H31N3O3S. The number of carbonyl (C=O) groups excluding carboxylic acids is 1. The second-order valence-corrected chi connectivity index (χ2v) is 9.57. The van der Waals surface area contributed by atoms with Gasteiger partial charge < -0.3 is 5.32 Å². The molecule has 0 aromatic heterocycles. The number of piperidine rings is 1. The molecule has 1 N–H and O–H groups in total. The smallest absolute Gasteiger partial charge is 0.281 e. The fourth-order valence-corrected chi connectivity index (χ4v) is 4.75. The maximum Gasteiger partial charge on any atom is 0.281 e. The molecule has 0 radical (unpaired) electrons. The molecule has 0 aromatic rings. The van der Waals surface area contributed by atoms with Gasteiger partial charge in [0.15, 0.2) is 0 Å². The highest BCUT2D eigenvalue weighted by Gasteiger charge is 2.35. The molecule has 0 spiro atoms. The predicted octanol–water partition coefficient (Wildman–Crippen LogP) is 1.73. The van der Waals surface area contributed by atoms with Gasteiger partial charge in [-0.2, -0.15) is 17.0 Å². The van der Waals surface area contributed by atoms with E-state index in [9.17, 15) is 13.2 Å². The summed E-state index contributed by atoms with van der Waals surface area (Å²) in [6.45, 7) is 3.01. The lowest BCUT2D eigenvalue weighted by molar-refractivity contribution is -0.128. The molecule has 2 aliphatic rings. The molecule has 1 saturated heterocycles. The van der Waals surface area contributed by atoms with E-state index in [2.05, 4.69) is 12.2 Å². The zero-order valence-corrected chi connectivity index (χ0v) is 15.5. The summed E-state index contributed by atoms with van der Waals surface area (Å²) in [6.07, 6.45) is 8.17.